The number of carbonyl (C=O) groups excluding carboxylic acids is 1. The van der Waals surface area contributed by atoms with Gasteiger partial charge in [-0.3, -0.25) is 4.79 Å². The molecule has 1 N–H and O–H groups in total. The van der Waals surface area contributed by atoms with Crippen LogP contribution >= 0.6 is 0 Å². The van der Waals surface area contributed by atoms with Gasteiger partial charge in [0.1, 0.15) is 12.2 Å². The second-order valence-electron chi connectivity index (χ2n) is 7.18. The zero-order valence-corrected chi connectivity index (χ0v) is 13.7. The predicted octanol–water partition coefficient (Wildman–Crippen LogP) is 3.45. The van der Waals surface area contributed by atoms with Gasteiger partial charge < -0.3 is 14.6 Å². The zero-order chi connectivity index (χ0) is 16.7. The van der Waals surface area contributed by atoms with E-state index in [0.29, 0.717) is 5.56 Å². The highest BCUT2D eigenvalue weighted by Gasteiger charge is 2.37. The Bertz CT molecular complexity index is 657. The molecule has 0 aromatic heterocycles. The van der Waals surface area contributed by atoms with E-state index in [1.807, 2.05) is 34.6 Å². The number of benzene rings is 1. The van der Waals surface area contributed by atoms with E-state index in [4.69, 9.17) is 15.9 Å². The lowest BCUT2D eigenvalue weighted by molar-refractivity contribution is 0.0597. The molecule has 4 nitrogen and oxygen atoms in total. The fraction of sp³-hybridized carbons (Fsp3) is 0.500. The van der Waals surface area contributed by atoms with Crippen LogP contribution in [0.4, 0.5) is 0 Å². The maximum atomic E-state index is 12.4. The van der Waals surface area contributed by atoms with Gasteiger partial charge in [-0.1, -0.05) is 26.7 Å². The number of carbonyl (C=O) groups is 1. The van der Waals surface area contributed by atoms with Crippen LogP contribution in [0.3, 0.4) is 0 Å². The third-order valence-corrected chi connectivity index (χ3v) is 3.58. The normalized spacial score (nSPS) is 16.5. The van der Waals surface area contributed by atoms with Crippen LogP contribution in [-0.2, 0) is 5.41 Å². The summed E-state index contributed by atoms with van der Waals surface area (Å²) in [6, 6.07) is 1.75. The molecule has 1 heterocycles. The Morgan fingerprint density at radius 1 is 1.45 bits per heavy atom. The number of aromatic hydroxyl groups is 1. The summed E-state index contributed by atoms with van der Waals surface area (Å²) < 4.78 is 11.3. The van der Waals surface area contributed by atoms with Gasteiger partial charge in [-0.25, -0.2) is 0 Å². The summed E-state index contributed by atoms with van der Waals surface area (Å²) in [5.41, 5.74) is 0.156. The van der Waals surface area contributed by atoms with Gasteiger partial charge in [0, 0.05) is 5.56 Å². The highest BCUT2D eigenvalue weighted by atomic mass is 16.5. The second-order valence-corrected chi connectivity index (χ2v) is 7.18. The van der Waals surface area contributed by atoms with Gasteiger partial charge >= 0.3 is 0 Å². The smallest absolute Gasteiger partial charge is 0.201 e. The van der Waals surface area contributed by atoms with Crippen molar-refractivity contribution in [3.8, 4) is 29.6 Å². The van der Waals surface area contributed by atoms with Crippen molar-refractivity contribution < 1.29 is 19.4 Å². The first kappa shape index (κ1) is 16.2. The van der Waals surface area contributed by atoms with E-state index in [1.165, 1.54) is 0 Å². The highest BCUT2D eigenvalue weighted by molar-refractivity contribution is 6.02. The Kier molecular flexibility index (Phi) is 3.87. The van der Waals surface area contributed by atoms with E-state index >= 15 is 0 Å². The van der Waals surface area contributed by atoms with E-state index in [2.05, 4.69) is 5.92 Å². The molecule has 4 heteroatoms. The summed E-state index contributed by atoms with van der Waals surface area (Å²) in [7, 11) is 0. The van der Waals surface area contributed by atoms with Crippen molar-refractivity contribution in [2.45, 2.75) is 52.1 Å². The van der Waals surface area contributed by atoms with Crippen molar-refractivity contribution in [3.63, 3.8) is 0 Å². The molecule has 2 rings (SSSR count). The number of terminal acetylenes is 1. The zero-order valence-electron chi connectivity index (χ0n) is 13.7. The van der Waals surface area contributed by atoms with Gasteiger partial charge in [0.2, 0.25) is 5.75 Å². The Morgan fingerprint density at radius 2 is 2.09 bits per heavy atom. The third-order valence-electron chi connectivity index (χ3n) is 3.58. The number of phenolic OH excluding ortho intramolecular Hbond substituents is 1. The van der Waals surface area contributed by atoms with Crippen molar-refractivity contribution in [2.24, 2.45) is 0 Å². The summed E-state index contributed by atoms with van der Waals surface area (Å²) in [4.78, 5) is 12.4. The van der Waals surface area contributed by atoms with Crippen LogP contribution in [0.5, 0.6) is 17.2 Å². The molecule has 1 aromatic carbocycles. The topological polar surface area (TPSA) is 55.8 Å². The number of ether oxygens (including phenoxy) is 2. The summed E-state index contributed by atoms with van der Waals surface area (Å²) in [6.07, 6.45) is 5.52. The quantitative estimate of drug-likeness (QED) is 0.850. The number of rotatable bonds is 2. The number of ketones is 1. The Morgan fingerprint density at radius 3 is 2.64 bits per heavy atom. The van der Waals surface area contributed by atoms with Gasteiger partial charge in [-0.15, -0.1) is 6.42 Å². The van der Waals surface area contributed by atoms with Gasteiger partial charge in [-0.05, 0) is 25.3 Å². The van der Waals surface area contributed by atoms with E-state index < -0.39 is 5.60 Å². The first-order valence-corrected chi connectivity index (χ1v) is 7.26. The molecule has 0 bridgehead atoms. The average molecular weight is 302 g/mol. The monoisotopic (exact) mass is 302 g/mol. The maximum absolute atomic E-state index is 12.4. The highest BCUT2D eigenvalue weighted by Crippen LogP contribution is 2.49. The molecule has 118 valence electrons. The van der Waals surface area contributed by atoms with Crippen molar-refractivity contribution >= 4 is 5.78 Å². The van der Waals surface area contributed by atoms with Crippen LogP contribution in [0.15, 0.2) is 6.07 Å². The minimum atomic E-state index is -0.659. The molecule has 0 saturated heterocycles. The molecule has 1 aromatic rings. The molecular formula is C18H22O4. The standard InChI is InChI=1S/C18H22O4/c1-7-8-21-16-12(17(2,3)4)9-11-13(19)10-18(5,6)22-15(11)14(16)20/h1,9,20H,8,10H2,2-6H3. The fourth-order valence-corrected chi connectivity index (χ4v) is 2.56. The number of hydrogen-bond acceptors (Lipinski definition) is 4. The molecule has 0 saturated carbocycles. The molecule has 1 aliphatic heterocycles. The molecular weight excluding hydrogens is 280 g/mol. The lowest BCUT2D eigenvalue weighted by Crippen LogP contribution is -2.36. The summed E-state index contributed by atoms with van der Waals surface area (Å²) in [6.45, 7) is 9.60. The average Bonchev–Trinajstić information content (AvgIpc) is 2.36. The SMILES string of the molecule is C#CCOc1c(C(C)(C)C)cc2c(c1O)OC(C)(C)CC2=O. The third kappa shape index (κ3) is 2.89. The first-order chi connectivity index (χ1) is 10.1. The van der Waals surface area contributed by atoms with E-state index in [0.717, 1.165) is 5.56 Å². The number of hydrogen-bond donors (Lipinski definition) is 1. The van der Waals surface area contributed by atoms with Crippen molar-refractivity contribution in [2.75, 3.05) is 6.61 Å². The Labute approximate surface area is 131 Å². The van der Waals surface area contributed by atoms with Crippen LogP contribution < -0.4 is 9.47 Å². The van der Waals surface area contributed by atoms with Gasteiger partial charge in [0.25, 0.3) is 0 Å². The lowest BCUT2D eigenvalue weighted by Gasteiger charge is -2.34. The number of Topliss-reactive ketones (excluding diaryl/α,β-unsaturated/α-hetero) is 1. The minimum absolute atomic E-state index is 0.0345. The van der Waals surface area contributed by atoms with Crippen LogP contribution in [0.1, 0.15) is 57.0 Å². The van der Waals surface area contributed by atoms with E-state index in [1.54, 1.807) is 6.07 Å². The Hall–Kier alpha value is -2.15. The van der Waals surface area contributed by atoms with E-state index in [-0.39, 0.29) is 41.5 Å². The van der Waals surface area contributed by atoms with Crippen molar-refractivity contribution in [3.05, 3.63) is 17.2 Å². The fourth-order valence-electron chi connectivity index (χ4n) is 2.56. The molecule has 0 unspecified atom stereocenters. The van der Waals surface area contributed by atoms with E-state index in [9.17, 15) is 9.90 Å². The summed E-state index contributed by atoms with van der Waals surface area (Å²) >= 11 is 0. The van der Waals surface area contributed by atoms with Crippen LogP contribution in [0, 0.1) is 12.3 Å². The molecule has 0 atom stereocenters. The van der Waals surface area contributed by atoms with Crippen LogP contribution in [0.2, 0.25) is 0 Å². The minimum Gasteiger partial charge on any atom is -0.502 e. The molecule has 0 amide bonds. The van der Waals surface area contributed by atoms with Crippen molar-refractivity contribution in [1.82, 2.24) is 0 Å². The predicted molar refractivity (Wildman–Crippen MR) is 84.8 cm³/mol. The molecule has 1 aliphatic rings. The molecule has 0 fully saturated rings. The first-order valence-electron chi connectivity index (χ1n) is 7.26. The Balaban J connectivity index is 2.69. The largest absolute Gasteiger partial charge is 0.502 e. The van der Waals surface area contributed by atoms with Gasteiger partial charge in [0.05, 0.1) is 12.0 Å². The molecule has 22 heavy (non-hydrogen) atoms. The molecule has 0 spiro atoms. The molecule has 0 aliphatic carbocycles. The van der Waals surface area contributed by atoms with Gasteiger partial charge in [0.15, 0.2) is 17.3 Å². The van der Waals surface area contributed by atoms with Crippen molar-refractivity contribution in [1.29, 1.82) is 0 Å². The maximum Gasteiger partial charge on any atom is 0.201 e. The van der Waals surface area contributed by atoms with Crippen LogP contribution in [0.25, 0.3) is 0 Å². The second kappa shape index (κ2) is 5.24. The van der Waals surface area contributed by atoms with Crippen LogP contribution in [-0.4, -0.2) is 23.1 Å². The lowest BCUT2D eigenvalue weighted by atomic mass is 9.82. The number of fused-ring (bicyclic) bond motifs is 1. The summed E-state index contributed by atoms with van der Waals surface area (Å²) in [5, 5.41) is 10.6. The number of phenols is 1. The summed E-state index contributed by atoms with van der Waals surface area (Å²) in [5.74, 6) is 2.65. The molecule has 0 radical (unpaired) electrons. The van der Waals surface area contributed by atoms with Gasteiger partial charge in [-0.2, -0.15) is 0 Å².